The average Bonchev–Trinajstić information content (AvgIpc) is 3.52. The smallest absolute Gasteiger partial charge is 0.209 e. The maximum atomic E-state index is 12.7. The molecule has 8 heteroatoms. The number of imidazole rings is 1. The molecular formula is C23H18N6O2. The molecule has 3 heterocycles. The van der Waals surface area contributed by atoms with Crippen molar-refractivity contribution in [3.63, 3.8) is 0 Å². The molecule has 5 aromatic rings. The van der Waals surface area contributed by atoms with Crippen LogP contribution >= 0.6 is 0 Å². The Kier molecular flexibility index (Phi) is 4.64. The van der Waals surface area contributed by atoms with Gasteiger partial charge < -0.3 is 9.30 Å². The summed E-state index contributed by atoms with van der Waals surface area (Å²) >= 11 is 0. The molecule has 0 N–H and O–H groups in total. The first kappa shape index (κ1) is 18.6. The fourth-order valence-electron chi connectivity index (χ4n) is 3.40. The molecule has 152 valence electrons. The molecule has 5 rings (SSSR count). The van der Waals surface area contributed by atoms with Gasteiger partial charge in [0, 0.05) is 30.7 Å². The van der Waals surface area contributed by atoms with Crippen LogP contribution in [0.15, 0.2) is 96.6 Å². The summed E-state index contributed by atoms with van der Waals surface area (Å²) in [5, 5.41) is 8.99. The van der Waals surface area contributed by atoms with Gasteiger partial charge >= 0.3 is 0 Å². The minimum atomic E-state index is -0.192. The van der Waals surface area contributed by atoms with Gasteiger partial charge in [0.15, 0.2) is 5.69 Å². The molecule has 0 saturated heterocycles. The second-order valence-corrected chi connectivity index (χ2v) is 6.76. The van der Waals surface area contributed by atoms with Gasteiger partial charge in [-0.1, -0.05) is 18.2 Å². The molecule has 3 aromatic heterocycles. The molecular weight excluding hydrogens is 392 g/mol. The van der Waals surface area contributed by atoms with Crippen molar-refractivity contribution in [1.82, 2.24) is 29.1 Å². The third-order valence-electron chi connectivity index (χ3n) is 4.91. The van der Waals surface area contributed by atoms with Gasteiger partial charge in [-0.3, -0.25) is 4.79 Å². The van der Waals surface area contributed by atoms with Crippen molar-refractivity contribution in [3.8, 4) is 34.2 Å². The highest BCUT2D eigenvalue weighted by Gasteiger charge is 2.15. The Bertz CT molecular complexity index is 1390. The summed E-state index contributed by atoms with van der Waals surface area (Å²) < 4.78 is 10.8. The fourth-order valence-corrected chi connectivity index (χ4v) is 3.40. The number of para-hydroxylation sites is 1. The third-order valence-corrected chi connectivity index (χ3v) is 4.91. The first-order valence-corrected chi connectivity index (χ1v) is 9.61. The summed E-state index contributed by atoms with van der Waals surface area (Å²) in [5.41, 5.74) is 3.17. The van der Waals surface area contributed by atoms with Crippen LogP contribution in [0.25, 0.3) is 28.5 Å². The molecule has 0 aliphatic carbocycles. The number of aromatic nitrogens is 6. The Morgan fingerprint density at radius 1 is 0.903 bits per heavy atom. The molecule has 0 bridgehead atoms. The normalized spacial score (nSPS) is 10.9. The fraction of sp³-hybridized carbons (Fsp3) is 0.0435. The standard InChI is InChI=1S/C23H18N6O2/c1-31-22-15-18(27-14-12-24-16-27)7-8-19(22)28-13-10-21(30)23(26-28)20-9-11-25-29(20)17-5-3-2-4-6-17/h2-16H,1H3. The summed E-state index contributed by atoms with van der Waals surface area (Å²) in [6.07, 6.45) is 8.57. The summed E-state index contributed by atoms with van der Waals surface area (Å²) in [5.74, 6) is 0.616. The monoisotopic (exact) mass is 410 g/mol. The van der Waals surface area contributed by atoms with E-state index >= 15 is 0 Å². The van der Waals surface area contributed by atoms with E-state index < -0.39 is 0 Å². The van der Waals surface area contributed by atoms with E-state index in [-0.39, 0.29) is 5.43 Å². The first-order valence-electron chi connectivity index (χ1n) is 9.61. The molecule has 0 spiro atoms. The van der Waals surface area contributed by atoms with E-state index in [9.17, 15) is 4.79 Å². The molecule has 0 radical (unpaired) electrons. The highest BCUT2D eigenvalue weighted by atomic mass is 16.5. The van der Waals surface area contributed by atoms with Gasteiger partial charge in [-0.05, 0) is 30.3 Å². The minimum absolute atomic E-state index is 0.192. The summed E-state index contributed by atoms with van der Waals surface area (Å²) in [6.45, 7) is 0. The van der Waals surface area contributed by atoms with Crippen LogP contribution < -0.4 is 10.2 Å². The van der Waals surface area contributed by atoms with Crippen molar-refractivity contribution < 1.29 is 4.74 Å². The predicted molar refractivity (Wildman–Crippen MR) is 116 cm³/mol. The Balaban J connectivity index is 1.61. The zero-order valence-electron chi connectivity index (χ0n) is 16.7. The Morgan fingerprint density at radius 2 is 1.77 bits per heavy atom. The molecule has 0 atom stereocenters. The molecule has 2 aromatic carbocycles. The lowest BCUT2D eigenvalue weighted by Crippen LogP contribution is -2.15. The number of ether oxygens (including phenoxy) is 1. The first-order chi connectivity index (χ1) is 15.2. The predicted octanol–water partition coefficient (Wildman–Crippen LogP) is 3.28. The van der Waals surface area contributed by atoms with Crippen LogP contribution in [0.2, 0.25) is 0 Å². The topological polar surface area (TPSA) is 79.8 Å². The lowest BCUT2D eigenvalue weighted by molar-refractivity contribution is 0.411. The minimum Gasteiger partial charge on any atom is -0.494 e. The maximum Gasteiger partial charge on any atom is 0.209 e. The average molecular weight is 410 g/mol. The lowest BCUT2D eigenvalue weighted by Gasteiger charge is -2.14. The van der Waals surface area contributed by atoms with Crippen LogP contribution in [0.3, 0.4) is 0 Å². The molecule has 0 unspecified atom stereocenters. The molecule has 0 amide bonds. The molecule has 0 fully saturated rings. The number of hydrogen-bond acceptors (Lipinski definition) is 5. The van der Waals surface area contributed by atoms with E-state index in [4.69, 9.17) is 4.74 Å². The van der Waals surface area contributed by atoms with Crippen LogP contribution in [-0.2, 0) is 0 Å². The number of nitrogens with zero attached hydrogens (tertiary/aromatic N) is 6. The van der Waals surface area contributed by atoms with Gasteiger partial charge in [-0.25, -0.2) is 14.3 Å². The molecule has 0 aliphatic heterocycles. The van der Waals surface area contributed by atoms with Gasteiger partial charge in [-0.15, -0.1) is 0 Å². The molecule has 0 saturated carbocycles. The van der Waals surface area contributed by atoms with Gasteiger partial charge in [0.1, 0.15) is 11.4 Å². The van der Waals surface area contributed by atoms with Gasteiger partial charge in [0.25, 0.3) is 0 Å². The van der Waals surface area contributed by atoms with E-state index in [1.165, 1.54) is 6.07 Å². The Labute approximate surface area is 177 Å². The highest BCUT2D eigenvalue weighted by molar-refractivity contribution is 5.58. The summed E-state index contributed by atoms with van der Waals surface area (Å²) in [4.78, 5) is 16.8. The van der Waals surface area contributed by atoms with E-state index in [1.807, 2.05) is 59.3 Å². The lowest BCUT2D eigenvalue weighted by atomic mass is 10.2. The van der Waals surface area contributed by atoms with Gasteiger partial charge in [-0.2, -0.15) is 10.2 Å². The van der Waals surface area contributed by atoms with E-state index in [2.05, 4.69) is 15.2 Å². The van der Waals surface area contributed by atoms with Crippen molar-refractivity contribution in [2.75, 3.05) is 7.11 Å². The Morgan fingerprint density at radius 3 is 2.55 bits per heavy atom. The molecule has 31 heavy (non-hydrogen) atoms. The quantitative estimate of drug-likeness (QED) is 0.444. The van der Waals surface area contributed by atoms with E-state index in [0.717, 1.165) is 11.4 Å². The molecule has 8 nitrogen and oxygen atoms in total. The zero-order valence-corrected chi connectivity index (χ0v) is 16.7. The van der Waals surface area contributed by atoms with Gasteiger partial charge in [0.05, 0.1) is 36.7 Å². The number of rotatable bonds is 5. The largest absolute Gasteiger partial charge is 0.494 e. The number of methoxy groups -OCH3 is 1. The van der Waals surface area contributed by atoms with Crippen molar-refractivity contribution in [2.45, 2.75) is 0 Å². The van der Waals surface area contributed by atoms with Crippen molar-refractivity contribution in [3.05, 3.63) is 102 Å². The van der Waals surface area contributed by atoms with E-state index in [0.29, 0.717) is 22.8 Å². The summed E-state index contributed by atoms with van der Waals surface area (Å²) in [6, 6.07) is 18.6. The molecule has 0 aliphatic rings. The van der Waals surface area contributed by atoms with Crippen molar-refractivity contribution >= 4 is 0 Å². The third kappa shape index (κ3) is 3.40. The van der Waals surface area contributed by atoms with E-state index in [1.54, 1.807) is 47.5 Å². The van der Waals surface area contributed by atoms with Crippen LogP contribution in [0.5, 0.6) is 5.75 Å². The van der Waals surface area contributed by atoms with Crippen LogP contribution in [0.4, 0.5) is 0 Å². The second kappa shape index (κ2) is 7.75. The van der Waals surface area contributed by atoms with Crippen LogP contribution in [0, 0.1) is 0 Å². The maximum absolute atomic E-state index is 12.7. The Hall–Kier alpha value is -4.46. The van der Waals surface area contributed by atoms with Crippen LogP contribution in [0.1, 0.15) is 0 Å². The van der Waals surface area contributed by atoms with Gasteiger partial charge in [0.2, 0.25) is 5.43 Å². The highest BCUT2D eigenvalue weighted by Crippen LogP contribution is 2.26. The number of benzene rings is 2. The SMILES string of the molecule is COc1cc(-n2ccnc2)ccc1-n1ccc(=O)c(-c2ccnn2-c2ccccc2)n1. The zero-order chi connectivity index (χ0) is 21.2. The summed E-state index contributed by atoms with van der Waals surface area (Å²) in [7, 11) is 1.60. The van der Waals surface area contributed by atoms with Crippen LogP contribution in [-0.4, -0.2) is 36.2 Å². The number of hydrogen-bond donors (Lipinski definition) is 0. The second-order valence-electron chi connectivity index (χ2n) is 6.76. The van der Waals surface area contributed by atoms with Crippen molar-refractivity contribution in [2.24, 2.45) is 0 Å². The van der Waals surface area contributed by atoms with Crippen molar-refractivity contribution in [1.29, 1.82) is 0 Å².